The van der Waals surface area contributed by atoms with Gasteiger partial charge in [0.25, 0.3) is 0 Å². The average Bonchev–Trinajstić information content (AvgIpc) is 2.69. The van der Waals surface area contributed by atoms with Crippen LogP contribution >= 0.6 is 0 Å². The second-order valence-corrected chi connectivity index (χ2v) is 8.22. The van der Waals surface area contributed by atoms with Crippen LogP contribution in [0.15, 0.2) is 18.2 Å². The molecule has 0 aliphatic carbocycles. The molecule has 0 saturated carbocycles. The fourth-order valence-corrected chi connectivity index (χ4v) is 2.98. The number of aliphatic hydroxyl groups excluding tert-OH is 1. The summed E-state index contributed by atoms with van der Waals surface area (Å²) in [5.41, 5.74) is 1.50. The molecule has 10 heteroatoms. The van der Waals surface area contributed by atoms with Gasteiger partial charge in [0.2, 0.25) is 11.8 Å². The molecule has 1 atom stereocenters. The van der Waals surface area contributed by atoms with Crippen molar-refractivity contribution < 1.29 is 33.8 Å². The van der Waals surface area contributed by atoms with E-state index in [1.165, 1.54) is 7.11 Å². The van der Waals surface area contributed by atoms with Crippen molar-refractivity contribution in [2.45, 2.75) is 46.3 Å². The van der Waals surface area contributed by atoms with Crippen molar-refractivity contribution in [3.05, 3.63) is 34.9 Å². The Morgan fingerprint density at radius 1 is 1.09 bits per heavy atom. The van der Waals surface area contributed by atoms with Gasteiger partial charge in [0.15, 0.2) is 0 Å². The Morgan fingerprint density at radius 3 is 2.28 bits per heavy atom. The maximum absolute atomic E-state index is 13.0. The van der Waals surface area contributed by atoms with Gasteiger partial charge < -0.3 is 30.1 Å². The first-order valence-electron chi connectivity index (χ1n) is 10.2. The van der Waals surface area contributed by atoms with Crippen molar-refractivity contribution in [1.29, 1.82) is 0 Å². The summed E-state index contributed by atoms with van der Waals surface area (Å²) in [6.07, 6.45) is -0.784. The molecule has 0 bridgehead atoms. The van der Waals surface area contributed by atoms with Gasteiger partial charge in [-0.3, -0.25) is 14.4 Å². The Kier molecular flexibility index (Phi) is 10.1. The summed E-state index contributed by atoms with van der Waals surface area (Å²) in [4.78, 5) is 50.6. The number of carbonyl (C=O) groups excluding carboxylic acids is 4. The van der Waals surface area contributed by atoms with Crippen molar-refractivity contribution >= 4 is 23.9 Å². The molecule has 0 aliphatic heterocycles. The second-order valence-electron chi connectivity index (χ2n) is 8.22. The van der Waals surface area contributed by atoms with Gasteiger partial charge >= 0.3 is 12.1 Å². The van der Waals surface area contributed by atoms with Crippen LogP contribution in [0.4, 0.5) is 4.79 Å². The minimum absolute atomic E-state index is 0.168. The molecular formula is C22H33N3O7. The number of rotatable bonds is 9. The first-order chi connectivity index (χ1) is 14.9. The Labute approximate surface area is 188 Å². The molecule has 0 radical (unpaired) electrons. The highest BCUT2D eigenvalue weighted by Crippen LogP contribution is 2.25. The van der Waals surface area contributed by atoms with E-state index in [1.807, 2.05) is 13.0 Å². The summed E-state index contributed by atoms with van der Waals surface area (Å²) >= 11 is 0. The molecule has 0 fully saturated rings. The van der Waals surface area contributed by atoms with Crippen LogP contribution in [0.25, 0.3) is 0 Å². The van der Waals surface area contributed by atoms with Crippen LogP contribution in [-0.2, 0) is 23.9 Å². The number of benzene rings is 1. The topological polar surface area (TPSA) is 134 Å². The van der Waals surface area contributed by atoms with E-state index >= 15 is 0 Å². The molecule has 178 valence electrons. The maximum atomic E-state index is 13.0. The van der Waals surface area contributed by atoms with Gasteiger partial charge in [-0.1, -0.05) is 23.8 Å². The lowest BCUT2D eigenvalue weighted by Crippen LogP contribution is -2.49. The largest absolute Gasteiger partial charge is 0.468 e. The van der Waals surface area contributed by atoms with E-state index in [2.05, 4.69) is 15.4 Å². The van der Waals surface area contributed by atoms with Gasteiger partial charge in [-0.2, -0.15) is 0 Å². The van der Waals surface area contributed by atoms with E-state index in [9.17, 15) is 24.3 Å². The monoisotopic (exact) mass is 451 g/mol. The molecule has 0 spiro atoms. The normalized spacial score (nSPS) is 11.8. The minimum Gasteiger partial charge on any atom is -0.468 e. The van der Waals surface area contributed by atoms with E-state index in [0.717, 1.165) is 16.0 Å². The number of methoxy groups -OCH3 is 1. The zero-order valence-corrected chi connectivity index (χ0v) is 19.5. The van der Waals surface area contributed by atoms with E-state index in [0.29, 0.717) is 5.56 Å². The number of nitrogens with one attached hydrogen (secondary N) is 2. The predicted octanol–water partition coefficient (Wildman–Crippen LogP) is 0.979. The van der Waals surface area contributed by atoms with Gasteiger partial charge in [-0.25, -0.2) is 4.79 Å². The molecule has 1 unspecified atom stereocenters. The number of ether oxygens (including phenoxy) is 2. The summed E-state index contributed by atoms with van der Waals surface area (Å²) in [5.74, 6) is -1.88. The highest BCUT2D eigenvalue weighted by molar-refractivity contribution is 5.92. The van der Waals surface area contributed by atoms with Crippen LogP contribution in [0.3, 0.4) is 0 Å². The quantitative estimate of drug-likeness (QED) is 0.477. The number of carbonyl (C=O) groups is 4. The fraction of sp³-hybridized carbons (Fsp3) is 0.545. The number of alkyl carbamates (subject to hydrolysis) is 1. The van der Waals surface area contributed by atoms with Crippen molar-refractivity contribution in [2.24, 2.45) is 0 Å². The van der Waals surface area contributed by atoms with Crippen molar-refractivity contribution in [1.82, 2.24) is 15.5 Å². The van der Waals surface area contributed by atoms with Gasteiger partial charge in [-0.05, 0) is 45.7 Å². The smallest absolute Gasteiger partial charge is 0.408 e. The Hall–Kier alpha value is -3.14. The molecule has 1 rings (SSSR count). The summed E-state index contributed by atoms with van der Waals surface area (Å²) in [7, 11) is 1.19. The highest BCUT2D eigenvalue weighted by Gasteiger charge is 2.32. The Bertz CT molecular complexity index is 833. The number of hydrogen-bond acceptors (Lipinski definition) is 7. The third-order valence-corrected chi connectivity index (χ3v) is 4.36. The van der Waals surface area contributed by atoms with Gasteiger partial charge in [0, 0.05) is 6.54 Å². The molecule has 3 amide bonds. The van der Waals surface area contributed by atoms with E-state index in [-0.39, 0.29) is 13.1 Å². The second kappa shape index (κ2) is 12.0. The van der Waals surface area contributed by atoms with Crippen molar-refractivity contribution in [3.8, 4) is 0 Å². The SMILES string of the molecule is COC(=O)CNC(=O)C(c1ccc(C)cc1C)N(CCO)C(=O)CNC(=O)OC(C)(C)C. The van der Waals surface area contributed by atoms with Crippen molar-refractivity contribution in [2.75, 3.05) is 33.4 Å². The average molecular weight is 452 g/mol. The molecule has 10 nitrogen and oxygen atoms in total. The lowest BCUT2D eigenvalue weighted by atomic mass is 9.97. The number of nitrogens with zero attached hydrogens (tertiary/aromatic N) is 1. The molecule has 0 saturated heterocycles. The number of amides is 3. The highest BCUT2D eigenvalue weighted by atomic mass is 16.6. The number of hydrogen-bond donors (Lipinski definition) is 3. The van der Waals surface area contributed by atoms with Gasteiger partial charge in [0.1, 0.15) is 24.7 Å². The molecule has 3 N–H and O–H groups in total. The summed E-state index contributed by atoms with van der Waals surface area (Å²) in [5, 5.41) is 14.4. The Balaban J connectivity index is 3.19. The van der Waals surface area contributed by atoms with E-state index in [4.69, 9.17) is 4.74 Å². The third-order valence-electron chi connectivity index (χ3n) is 4.36. The maximum Gasteiger partial charge on any atom is 0.408 e. The molecule has 0 aromatic heterocycles. The van der Waals surface area contributed by atoms with Crippen LogP contribution in [0.5, 0.6) is 0 Å². The minimum atomic E-state index is -1.14. The van der Waals surface area contributed by atoms with Crippen LogP contribution < -0.4 is 10.6 Å². The van der Waals surface area contributed by atoms with E-state index in [1.54, 1.807) is 39.8 Å². The van der Waals surface area contributed by atoms with Crippen LogP contribution in [0.2, 0.25) is 0 Å². The summed E-state index contributed by atoms with van der Waals surface area (Å²) in [6, 6.07) is 4.23. The number of aryl methyl sites for hydroxylation is 2. The summed E-state index contributed by atoms with van der Waals surface area (Å²) < 4.78 is 9.68. The van der Waals surface area contributed by atoms with Crippen LogP contribution in [-0.4, -0.2) is 72.8 Å². The third kappa shape index (κ3) is 8.54. The predicted molar refractivity (Wildman–Crippen MR) is 117 cm³/mol. The van der Waals surface area contributed by atoms with Gasteiger partial charge in [0.05, 0.1) is 13.7 Å². The standard InChI is InChI=1S/C22H33N3O7/c1-14-7-8-16(15(2)11-14)19(20(29)23-13-18(28)31-6)25(9-10-26)17(27)12-24-21(30)32-22(3,4)5/h7-8,11,19,26H,9-10,12-13H2,1-6H3,(H,23,29)(H,24,30). The van der Waals surface area contributed by atoms with Crippen LogP contribution in [0.1, 0.15) is 43.5 Å². The molecule has 0 heterocycles. The summed E-state index contributed by atoms with van der Waals surface area (Å²) in [6.45, 7) is 7.35. The zero-order valence-electron chi connectivity index (χ0n) is 19.5. The van der Waals surface area contributed by atoms with E-state index < -0.39 is 48.7 Å². The fourth-order valence-electron chi connectivity index (χ4n) is 2.98. The molecule has 0 aliphatic rings. The zero-order chi connectivity index (χ0) is 24.5. The van der Waals surface area contributed by atoms with Gasteiger partial charge in [-0.15, -0.1) is 0 Å². The number of aliphatic hydroxyl groups is 1. The molecule has 32 heavy (non-hydrogen) atoms. The van der Waals surface area contributed by atoms with Crippen molar-refractivity contribution in [3.63, 3.8) is 0 Å². The lowest BCUT2D eigenvalue weighted by molar-refractivity contribution is -0.144. The molecule has 1 aromatic carbocycles. The molecular weight excluding hydrogens is 418 g/mol. The first-order valence-corrected chi connectivity index (χ1v) is 10.2. The Morgan fingerprint density at radius 2 is 1.75 bits per heavy atom. The molecule has 1 aromatic rings. The van der Waals surface area contributed by atoms with Crippen LogP contribution in [0, 0.1) is 13.8 Å². The lowest BCUT2D eigenvalue weighted by Gasteiger charge is -2.32. The number of esters is 1. The first kappa shape index (κ1) is 26.9.